The van der Waals surface area contributed by atoms with E-state index >= 15 is 0 Å². The summed E-state index contributed by atoms with van der Waals surface area (Å²) in [7, 11) is 0. The predicted molar refractivity (Wildman–Crippen MR) is 101 cm³/mol. The predicted octanol–water partition coefficient (Wildman–Crippen LogP) is 3.89. The van der Waals surface area contributed by atoms with Gasteiger partial charge in [0.05, 0.1) is 11.3 Å². The van der Waals surface area contributed by atoms with Gasteiger partial charge in [-0.15, -0.1) is 0 Å². The molecule has 0 aromatic heterocycles. The van der Waals surface area contributed by atoms with Crippen LogP contribution in [0, 0.1) is 0 Å². The van der Waals surface area contributed by atoms with Gasteiger partial charge in [0, 0.05) is 18.2 Å². The smallest absolute Gasteiger partial charge is 0.337 e. The van der Waals surface area contributed by atoms with Crippen LogP contribution in [-0.4, -0.2) is 22.9 Å². The molecule has 0 radical (unpaired) electrons. The van der Waals surface area contributed by atoms with Gasteiger partial charge in [0.1, 0.15) is 0 Å². The molecule has 2 rings (SSSR count). The molecule has 0 atom stereocenters. The van der Waals surface area contributed by atoms with Crippen molar-refractivity contribution in [1.29, 1.82) is 0 Å². The van der Waals surface area contributed by atoms with Crippen molar-refractivity contribution < 1.29 is 19.5 Å². The van der Waals surface area contributed by atoms with Crippen molar-refractivity contribution in [3.05, 3.63) is 59.2 Å². The number of carbonyl (C=O) groups excluding carboxylic acids is 2. The van der Waals surface area contributed by atoms with Crippen LogP contribution in [0.25, 0.3) is 0 Å². The van der Waals surface area contributed by atoms with Crippen molar-refractivity contribution in [3.8, 4) is 0 Å². The van der Waals surface area contributed by atoms with Crippen LogP contribution in [0.15, 0.2) is 42.5 Å². The minimum absolute atomic E-state index is 0.0228. The highest BCUT2D eigenvalue weighted by Gasteiger charge is 2.17. The number of carboxylic acids is 1. The molecule has 0 unspecified atom stereocenters. The largest absolute Gasteiger partial charge is 0.478 e. The van der Waals surface area contributed by atoms with E-state index in [2.05, 4.69) is 31.4 Å². The zero-order chi connectivity index (χ0) is 19.5. The van der Waals surface area contributed by atoms with Gasteiger partial charge in [-0.2, -0.15) is 0 Å². The Hall–Kier alpha value is -3.15. The number of carbonyl (C=O) groups is 3. The van der Waals surface area contributed by atoms with E-state index < -0.39 is 11.9 Å². The topological polar surface area (TPSA) is 95.5 Å². The van der Waals surface area contributed by atoms with Crippen LogP contribution in [0.4, 0.5) is 11.4 Å². The number of nitrogens with one attached hydrogen (secondary N) is 2. The lowest BCUT2D eigenvalue weighted by molar-refractivity contribution is -0.114. The van der Waals surface area contributed by atoms with Crippen molar-refractivity contribution in [2.24, 2.45) is 0 Å². The first kappa shape index (κ1) is 19.2. The van der Waals surface area contributed by atoms with Crippen LogP contribution in [0.1, 0.15) is 54.0 Å². The van der Waals surface area contributed by atoms with Crippen LogP contribution in [0.2, 0.25) is 0 Å². The normalized spacial score (nSPS) is 10.9. The molecule has 0 aliphatic carbocycles. The van der Waals surface area contributed by atoms with E-state index in [0.29, 0.717) is 11.3 Å². The Morgan fingerprint density at radius 3 is 2.04 bits per heavy atom. The van der Waals surface area contributed by atoms with Crippen LogP contribution in [-0.2, 0) is 10.2 Å². The maximum Gasteiger partial charge on any atom is 0.337 e. The van der Waals surface area contributed by atoms with Crippen molar-refractivity contribution in [1.82, 2.24) is 0 Å². The number of amides is 2. The lowest BCUT2D eigenvalue weighted by Crippen LogP contribution is -2.16. The lowest BCUT2D eigenvalue weighted by atomic mass is 9.86. The number of benzene rings is 2. The van der Waals surface area contributed by atoms with Gasteiger partial charge in [-0.25, -0.2) is 4.79 Å². The van der Waals surface area contributed by atoms with Gasteiger partial charge in [-0.1, -0.05) is 32.9 Å². The Morgan fingerprint density at radius 2 is 1.54 bits per heavy atom. The van der Waals surface area contributed by atoms with Gasteiger partial charge in [-0.05, 0) is 41.3 Å². The first-order valence-electron chi connectivity index (χ1n) is 8.15. The number of hydrogen-bond acceptors (Lipinski definition) is 3. The minimum Gasteiger partial charge on any atom is -0.478 e. The number of rotatable bonds is 4. The molecule has 2 amide bonds. The Morgan fingerprint density at radius 1 is 0.923 bits per heavy atom. The van der Waals surface area contributed by atoms with E-state index in [1.807, 2.05) is 12.1 Å². The van der Waals surface area contributed by atoms with Gasteiger partial charge in [0.2, 0.25) is 5.91 Å². The molecule has 0 spiro atoms. The fraction of sp³-hybridized carbons (Fsp3) is 0.250. The van der Waals surface area contributed by atoms with Gasteiger partial charge in [0.15, 0.2) is 0 Å². The first-order chi connectivity index (χ1) is 12.1. The molecule has 0 fully saturated rings. The Kier molecular flexibility index (Phi) is 5.45. The zero-order valence-electron chi connectivity index (χ0n) is 15.2. The second kappa shape index (κ2) is 7.39. The summed E-state index contributed by atoms with van der Waals surface area (Å²) in [5.74, 6) is -1.91. The molecule has 0 aliphatic rings. The molecular weight excluding hydrogens is 332 g/mol. The Labute approximate surface area is 152 Å². The van der Waals surface area contributed by atoms with Crippen molar-refractivity contribution >= 4 is 29.2 Å². The molecule has 2 aromatic rings. The minimum atomic E-state index is -1.20. The molecule has 0 saturated carbocycles. The van der Waals surface area contributed by atoms with E-state index in [9.17, 15) is 19.5 Å². The van der Waals surface area contributed by atoms with Crippen molar-refractivity contribution in [3.63, 3.8) is 0 Å². The molecule has 0 heterocycles. The number of hydrogen-bond donors (Lipinski definition) is 3. The van der Waals surface area contributed by atoms with Crippen LogP contribution in [0.3, 0.4) is 0 Å². The lowest BCUT2D eigenvalue weighted by Gasteiger charge is -2.19. The zero-order valence-corrected chi connectivity index (χ0v) is 15.2. The third-order valence-electron chi connectivity index (χ3n) is 3.83. The first-order valence-corrected chi connectivity index (χ1v) is 8.15. The third-order valence-corrected chi connectivity index (χ3v) is 3.83. The quantitative estimate of drug-likeness (QED) is 0.776. The van der Waals surface area contributed by atoms with Gasteiger partial charge >= 0.3 is 5.97 Å². The average molecular weight is 354 g/mol. The van der Waals surface area contributed by atoms with Crippen LogP contribution < -0.4 is 10.6 Å². The van der Waals surface area contributed by atoms with E-state index in [-0.39, 0.29) is 22.6 Å². The maximum atomic E-state index is 12.4. The third kappa shape index (κ3) is 4.69. The van der Waals surface area contributed by atoms with Crippen LogP contribution >= 0.6 is 0 Å². The molecule has 0 bridgehead atoms. The van der Waals surface area contributed by atoms with E-state index in [1.165, 1.54) is 25.1 Å². The van der Waals surface area contributed by atoms with Gasteiger partial charge < -0.3 is 15.7 Å². The summed E-state index contributed by atoms with van der Waals surface area (Å²) < 4.78 is 0. The molecule has 3 N–H and O–H groups in total. The van der Waals surface area contributed by atoms with Crippen molar-refractivity contribution in [2.75, 3.05) is 10.6 Å². The molecular formula is C20H22N2O4. The molecule has 6 heteroatoms. The molecule has 6 nitrogen and oxygen atoms in total. The van der Waals surface area contributed by atoms with Crippen molar-refractivity contribution in [2.45, 2.75) is 33.1 Å². The number of anilines is 2. The summed E-state index contributed by atoms with van der Waals surface area (Å²) >= 11 is 0. The summed E-state index contributed by atoms with van der Waals surface area (Å²) in [4.78, 5) is 35.0. The maximum absolute atomic E-state index is 12.4. The highest BCUT2D eigenvalue weighted by atomic mass is 16.4. The summed E-state index contributed by atoms with van der Waals surface area (Å²) in [5.41, 5.74) is 1.92. The van der Waals surface area contributed by atoms with Gasteiger partial charge in [-0.3, -0.25) is 9.59 Å². The summed E-state index contributed by atoms with van der Waals surface area (Å²) in [6, 6.07) is 11.5. The number of carboxylic acid groups (broad SMARTS) is 1. The molecule has 136 valence electrons. The Bertz CT molecular complexity index is 849. The summed E-state index contributed by atoms with van der Waals surface area (Å²) in [5, 5.41) is 14.5. The molecule has 0 aliphatic heterocycles. The molecule has 0 saturated heterocycles. The number of aromatic carboxylic acids is 1. The second-order valence-electron chi connectivity index (χ2n) is 7.03. The highest BCUT2D eigenvalue weighted by Crippen LogP contribution is 2.24. The average Bonchev–Trinajstić information content (AvgIpc) is 2.54. The van der Waals surface area contributed by atoms with E-state index in [0.717, 1.165) is 5.56 Å². The SMILES string of the molecule is CC(=O)Nc1ccc(NC(=O)c2ccc(C(C)(C)C)cc2)c(C(=O)O)c1. The van der Waals surface area contributed by atoms with Crippen LogP contribution in [0.5, 0.6) is 0 Å². The molecule has 2 aromatic carbocycles. The summed E-state index contributed by atoms with van der Waals surface area (Å²) in [6.07, 6.45) is 0. The van der Waals surface area contributed by atoms with E-state index in [1.54, 1.807) is 12.1 Å². The van der Waals surface area contributed by atoms with Gasteiger partial charge in [0.25, 0.3) is 5.91 Å². The fourth-order valence-corrected chi connectivity index (χ4v) is 2.43. The summed E-state index contributed by atoms with van der Waals surface area (Å²) in [6.45, 7) is 7.57. The standard InChI is InChI=1S/C20H22N2O4/c1-12(23)21-15-9-10-17(16(11-15)19(25)26)22-18(24)13-5-7-14(8-6-13)20(2,3)4/h5-11H,1-4H3,(H,21,23)(H,22,24)(H,25,26). The van der Waals surface area contributed by atoms with E-state index in [4.69, 9.17) is 0 Å². The fourth-order valence-electron chi connectivity index (χ4n) is 2.43. The second-order valence-corrected chi connectivity index (χ2v) is 7.03. The highest BCUT2D eigenvalue weighted by molar-refractivity contribution is 6.08. The molecule has 26 heavy (non-hydrogen) atoms. The Balaban J connectivity index is 2.25. The monoisotopic (exact) mass is 354 g/mol.